The molecule has 1 unspecified atom stereocenters. The Kier molecular flexibility index (Phi) is 18.1. The van der Waals surface area contributed by atoms with Gasteiger partial charge in [-0.3, -0.25) is 4.79 Å². The van der Waals surface area contributed by atoms with Gasteiger partial charge in [-0.15, -0.1) is 0 Å². The largest absolute Gasteiger partial charge is 0.492 e. The maximum Gasteiger partial charge on any atom is 0.345 e. The van der Waals surface area contributed by atoms with Gasteiger partial charge in [0.2, 0.25) is 5.91 Å². The normalized spacial score (nSPS) is 19.0. The van der Waals surface area contributed by atoms with Gasteiger partial charge in [-0.05, 0) is 75.5 Å². The highest BCUT2D eigenvalue weighted by Gasteiger charge is 2.23. The van der Waals surface area contributed by atoms with Gasteiger partial charge in [-0.25, -0.2) is 9.78 Å². The van der Waals surface area contributed by atoms with Crippen molar-refractivity contribution >= 4 is 35.6 Å². The van der Waals surface area contributed by atoms with Crippen molar-refractivity contribution in [2.75, 3.05) is 44.2 Å². The van der Waals surface area contributed by atoms with Crippen LogP contribution in [0.1, 0.15) is 70.8 Å². The van der Waals surface area contributed by atoms with Crippen LogP contribution in [-0.4, -0.2) is 77.6 Å². The van der Waals surface area contributed by atoms with Crippen molar-refractivity contribution in [3.63, 3.8) is 0 Å². The van der Waals surface area contributed by atoms with Crippen molar-refractivity contribution in [2.45, 2.75) is 78.2 Å². The van der Waals surface area contributed by atoms with Gasteiger partial charge < -0.3 is 35.9 Å². The van der Waals surface area contributed by atoms with Gasteiger partial charge >= 0.3 is 6.03 Å². The lowest BCUT2D eigenvalue weighted by molar-refractivity contribution is -0.122. The standard InChI is InChI=1S/C23H38N6O2.C6H8OS.C5H9NO/c1-16(2)21(25)27-23(30)28-9-6-18(7-10-28)5-4-12-31-20-13-17(3)22(26-14-20)29-11-8-19(24)15-29;1-3-5-6(4-2)8-7;7-5-3-1-2-4-6-5/h13-14,16,18-19H,4-12,15,24H2,1-3H3,(H2,25,27,30);3-5,7H,1-2H2;1-4H2,(H,6,7)/b;6-5+;. The van der Waals surface area contributed by atoms with Crippen LogP contribution in [0.25, 0.3) is 0 Å². The number of carbonyl (C=O) groups excluding carboxylic acids is 2. The van der Waals surface area contributed by atoms with Gasteiger partial charge in [0.05, 0.1) is 12.8 Å². The van der Waals surface area contributed by atoms with Crippen molar-refractivity contribution in [2.24, 2.45) is 28.3 Å². The fourth-order valence-corrected chi connectivity index (χ4v) is 5.43. The molecule has 3 amide bonds. The number of rotatable bonds is 10. The minimum atomic E-state index is -0.199. The highest BCUT2D eigenvalue weighted by atomic mass is 32.2. The molecule has 0 aromatic carbocycles. The quantitative estimate of drug-likeness (QED) is 0.0818. The van der Waals surface area contributed by atoms with E-state index in [9.17, 15) is 9.59 Å². The van der Waals surface area contributed by atoms with E-state index in [2.05, 4.69) is 46.3 Å². The number of hydrogen-bond acceptors (Lipinski definition) is 8. The van der Waals surface area contributed by atoms with Crippen LogP contribution >= 0.6 is 12.0 Å². The zero-order chi connectivity index (χ0) is 33.9. The first-order chi connectivity index (χ1) is 22.1. The Hall–Kier alpha value is -3.35. The van der Waals surface area contributed by atoms with Crippen LogP contribution in [-0.2, 0) is 4.79 Å². The molecule has 12 heteroatoms. The van der Waals surface area contributed by atoms with Crippen LogP contribution < -0.4 is 26.4 Å². The van der Waals surface area contributed by atoms with Gasteiger partial charge in [0.25, 0.3) is 0 Å². The second kappa shape index (κ2) is 21.4. The van der Waals surface area contributed by atoms with E-state index < -0.39 is 0 Å². The van der Waals surface area contributed by atoms with E-state index in [-0.39, 0.29) is 23.9 Å². The third kappa shape index (κ3) is 14.4. The van der Waals surface area contributed by atoms with Gasteiger partial charge in [0.15, 0.2) is 0 Å². The van der Waals surface area contributed by atoms with E-state index in [1.54, 1.807) is 18.2 Å². The number of urea groups is 1. The molecule has 6 N–H and O–H groups in total. The van der Waals surface area contributed by atoms with Crippen LogP contribution in [0, 0.1) is 18.8 Å². The topological polar surface area (TPSA) is 159 Å². The SMILES string of the molecule is C=C/C=C(\C=C)SO.Cc1cc(OCCCC2CCN(C(=O)/N=C(\N)C(C)C)CC2)cnc1N1CCC(N)C1.O=C1CCCCN1. The molecular weight excluding hydrogens is 602 g/mol. The maximum atomic E-state index is 12.2. The molecule has 0 saturated carbocycles. The highest BCUT2D eigenvalue weighted by Crippen LogP contribution is 2.26. The number of aliphatic imine (C=N–C) groups is 1. The molecule has 4 rings (SSSR count). The number of pyridine rings is 1. The summed E-state index contributed by atoms with van der Waals surface area (Å²) in [6.45, 7) is 17.8. The summed E-state index contributed by atoms with van der Waals surface area (Å²) < 4.78 is 14.3. The van der Waals surface area contributed by atoms with Gasteiger partial charge in [0.1, 0.15) is 17.4 Å². The Morgan fingerprint density at radius 3 is 2.48 bits per heavy atom. The first-order valence-corrected chi connectivity index (χ1v) is 17.1. The molecule has 0 radical (unpaired) electrons. The Morgan fingerprint density at radius 2 is 2.00 bits per heavy atom. The summed E-state index contributed by atoms with van der Waals surface area (Å²) >= 11 is 0.666. The summed E-state index contributed by atoms with van der Waals surface area (Å²) in [5.41, 5.74) is 13.0. The number of amides is 3. The average molecular weight is 658 g/mol. The van der Waals surface area contributed by atoms with Crippen LogP contribution in [0.5, 0.6) is 5.75 Å². The van der Waals surface area contributed by atoms with Crippen LogP contribution in [0.15, 0.2) is 53.5 Å². The number of hydrogen-bond donors (Lipinski definition) is 4. The summed E-state index contributed by atoms with van der Waals surface area (Å²) in [7, 11) is 0. The molecular formula is C34H55N7O4S. The summed E-state index contributed by atoms with van der Waals surface area (Å²) in [6.07, 6.45) is 14.8. The molecule has 4 heterocycles. The molecule has 1 aromatic heterocycles. The van der Waals surface area contributed by atoms with Crippen LogP contribution in [0.3, 0.4) is 0 Å². The molecule has 0 aliphatic carbocycles. The zero-order valence-electron chi connectivity index (χ0n) is 28.0. The van der Waals surface area contributed by atoms with Crippen LogP contribution in [0.4, 0.5) is 10.6 Å². The number of ether oxygens (including phenoxy) is 1. The van der Waals surface area contributed by atoms with Gasteiger partial charge in [-0.1, -0.05) is 39.2 Å². The molecule has 256 valence electrons. The Balaban J connectivity index is 0.000000402. The second-order valence-corrected chi connectivity index (χ2v) is 12.8. The third-order valence-corrected chi connectivity index (χ3v) is 8.53. The predicted octanol–water partition coefficient (Wildman–Crippen LogP) is 5.67. The number of aryl methyl sites for hydroxylation is 1. The van der Waals surface area contributed by atoms with Crippen molar-refractivity contribution < 1.29 is 18.9 Å². The van der Waals surface area contributed by atoms with Crippen molar-refractivity contribution in [1.82, 2.24) is 15.2 Å². The van der Waals surface area contributed by atoms with Crippen LogP contribution in [0.2, 0.25) is 0 Å². The molecule has 0 bridgehead atoms. The molecule has 3 fully saturated rings. The number of nitrogens with one attached hydrogen (secondary N) is 1. The van der Waals surface area contributed by atoms with Gasteiger partial charge in [-0.2, -0.15) is 4.99 Å². The van der Waals surface area contributed by atoms with Crippen molar-refractivity contribution in [3.8, 4) is 5.75 Å². The number of aromatic nitrogens is 1. The lowest BCUT2D eigenvalue weighted by Gasteiger charge is -2.30. The summed E-state index contributed by atoms with van der Waals surface area (Å²) in [5.74, 6) is 3.18. The second-order valence-electron chi connectivity index (χ2n) is 12.1. The smallest absolute Gasteiger partial charge is 0.345 e. The monoisotopic (exact) mass is 657 g/mol. The zero-order valence-corrected chi connectivity index (χ0v) is 28.8. The summed E-state index contributed by atoms with van der Waals surface area (Å²) in [5, 5.41) is 2.74. The van der Waals surface area contributed by atoms with E-state index in [0.717, 1.165) is 101 Å². The number of carbonyl (C=O) groups is 2. The minimum Gasteiger partial charge on any atom is -0.492 e. The molecule has 0 spiro atoms. The molecule has 3 aliphatic rings. The van der Waals surface area contributed by atoms with Gasteiger partial charge in [0, 0.05) is 68.1 Å². The molecule has 11 nitrogen and oxygen atoms in total. The third-order valence-electron chi connectivity index (χ3n) is 8.02. The number of nitrogens with zero attached hydrogens (tertiary/aromatic N) is 4. The summed E-state index contributed by atoms with van der Waals surface area (Å²) in [6, 6.07) is 2.11. The Labute approximate surface area is 279 Å². The fraction of sp³-hybridized carbons (Fsp3) is 0.588. The van der Waals surface area contributed by atoms with E-state index in [0.29, 0.717) is 35.3 Å². The number of piperidine rings is 2. The first kappa shape index (κ1) is 38.8. The van der Waals surface area contributed by atoms with Crippen molar-refractivity contribution in [1.29, 1.82) is 0 Å². The first-order valence-electron chi connectivity index (χ1n) is 16.3. The molecule has 1 aromatic rings. The summed E-state index contributed by atoms with van der Waals surface area (Å²) in [4.78, 5) is 36.0. The fourth-order valence-electron chi connectivity index (χ4n) is 5.20. The number of amidine groups is 1. The van der Waals surface area contributed by atoms with E-state index in [1.807, 2.05) is 24.9 Å². The number of nitrogens with two attached hydrogens (primary N) is 2. The Bertz CT molecular complexity index is 1170. The van der Waals surface area contributed by atoms with Crippen molar-refractivity contribution in [3.05, 3.63) is 54.1 Å². The maximum absolute atomic E-state index is 12.2. The molecule has 1 atom stereocenters. The predicted molar refractivity (Wildman–Crippen MR) is 190 cm³/mol. The molecule has 3 saturated heterocycles. The lowest BCUT2D eigenvalue weighted by atomic mass is 9.92. The average Bonchev–Trinajstić information content (AvgIpc) is 3.48. The highest BCUT2D eigenvalue weighted by molar-refractivity contribution is 7.97. The van der Waals surface area contributed by atoms with E-state index in [4.69, 9.17) is 20.8 Å². The Morgan fingerprint density at radius 1 is 1.26 bits per heavy atom. The number of likely N-dealkylation sites (tertiary alicyclic amines) is 1. The lowest BCUT2D eigenvalue weighted by Crippen LogP contribution is -2.38. The molecule has 46 heavy (non-hydrogen) atoms. The van der Waals surface area contributed by atoms with E-state index in [1.165, 1.54) is 0 Å². The minimum absolute atomic E-state index is 0.0928. The number of allylic oxidation sites excluding steroid dienone is 3. The number of anilines is 1. The van der Waals surface area contributed by atoms with E-state index >= 15 is 0 Å². The molecule has 3 aliphatic heterocycles.